The minimum absolute atomic E-state index is 0.225. The number of hydrogen-bond donors (Lipinski definition) is 1. The molecule has 0 bridgehead atoms. The summed E-state index contributed by atoms with van der Waals surface area (Å²) in [6.07, 6.45) is 6.13. The third kappa shape index (κ3) is 4.53. The van der Waals surface area contributed by atoms with Gasteiger partial charge in [-0.3, -0.25) is 4.98 Å². The lowest BCUT2D eigenvalue weighted by atomic mass is 10.1. The number of nitrogens with zero attached hydrogens (tertiary/aromatic N) is 2. The van der Waals surface area contributed by atoms with Crippen LogP contribution in [0.25, 0.3) is 0 Å². The van der Waals surface area contributed by atoms with Crippen LogP contribution in [0.3, 0.4) is 0 Å². The van der Waals surface area contributed by atoms with Gasteiger partial charge in [-0.05, 0) is 50.9 Å². The van der Waals surface area contributed by atoms with Crippen molar-refractivity contribution in [2.45, 2.75) is 51.6 Å². The van der Waals surface area contributed by atoms with Gasteiger partial charge in [-0.2, -0.15) is 0 Å². The Bertz CT molecular complexity index is 389. The van der Waals surface area contributed by atoms with Gasteiger partial charge in [0.2, 0.25) is 0 Å². The van der Waals surface area contributed by atoms with Crippen LogP contribution in [0.15, 0.2) is 18.3 Å². The van der Waals surface area contributed by atoms with Crippen molar-refractivity contribution in [3.8, 4) is 0 Å². The number of pyridine rings is 1. The van der Waals surface area contributed by atoms with Gasteiger partial charge in [0.25, 0.3) is 0 Å². The lowest BCUT2D eigenvalue weighted by molar-refractivity contribution is 0.258. The normalized spacial score (nSPS) is 16.6. The summed E-state index contributed by atoms with van der Waals surface area (Å²) in [6.45, 7) is 7.55. The minimum Gasteiger partial charge on any atom is -0.309 e. The van der Waals surface area contributed by atoms with E-state index in [0.29, 0.717) is 0 Å². The average Bonchev–Trinajstić information content (AvgIpc) is 3.29. The fourth-order valence-electron chi connectivity index (χ4n) is 2.60. The summed E-state index contributed by atoms with van der Waals surface area (Å²) in [6, 6.07) is 4.33. The van der Waals surface area contributed by atoms with E-state index in [4.69, 9.17) is 0 Å². The molecule has 0 radical (unpaired) electrons. The van der Waals surface area contributed by atoms with Crippen molar-refractivity contribution < 1.29 is 4.39 Å². The third-order valence-corrected chi connectivity index (χ3v) is 3.92. The first-order valence-corrected chi connectivity index (χ1v) is 7.83. The van der Waals surface area contributed by atoms with Gasteiger partial charge >= 0.3 is 0 Å². The van der Waals surface area contributed by atoms with Crippen LogP contribution in [-0.2, 0) is 0 Å². The van der Waals surface area contributed by atoms with E-state index >= 15 is 0 Å². The SMILES string of the molecule is CCCNC(CCN(CC)C1CC1)c1ccc(F)cn1. The van der Waals surface area contributed by atoms with E-state index in [9.17, 15) is 4.39 Å². The molecule has 1 fully saturated rings. The molecule has 2 rings (SSSR count). The molecule has 1 heterocycles. The van der Waals surface area contributed by atoms with Gasteiger partial charge in [0.15, 0.2) is 0 Å². The average molecular weight is 279 g/mol. The van der Waals surface area contributed by atoms with Gasteiger partial charge in [0.05, 0.1) is 17.9 Å². The van der Waals surface area contributed by atoms with Gasteiger partial charge in [0, 0.05) is 12.6 Å². The van der Waals surface area contributed by atoms with Crippen molar-refractivity contribution >= 4 is 0 Å². The van der Waals surface area contributed by atoms with Crippen LogP contribution in [0.5, 0.6) is 0 Å². The maximum atomic E-state index is 13.0. The zero-order chi connectivity index (χ0) is 14.4. The van der Waals surface area contributed by atoms with E-state index in [1.54, 1.807) is 6.07 Å². The maximum absolute atomic E-state index is 13.0. The Morgan fingerprint density at radius 1 is 1.40 bits per heavy atom. The lowest BCUT2D eigenvalue weighted by Crippen LogP contribution is -2.31. The van der Waals surface area contributed by atoms with E-state index in [1.807, 2.05) is 0 Å². The Morgan fingerprint density at radius 2 is 2.20 bits per heavy atom. The number of aromatic nitrogens is 1. The first kappa shape index (κ1) is 15.4. The molecule has 20 heavy (non-hydrogen) atoms. The first-order chi connectivity index (χ1) is 9.74. The second kappa shape index (κ2) is 7.70. The summed E-state index contributed by atoms with van der Waals surface area (Å²) in [4.78, 5) is 6.79. The molecular formula is C16H26FN3. The van der Waals surface area contributed by atoms with Crippen molar-refractivity contribution in [2.24, 2.45) is 0 Å². The van der Waals surface area contributed by atoms with Gasteiger partial charge in [-0.15, -0.1) is 0 Å². The van der Waals surface area contributed by atoms with E-state index in [-0.39, 0.29) is 11.9 Å². The summed E-state index contributed by atoms with van der Waals surface area (Å²) in [5.74, 6) is -0.267. The number of nitrogens with one attached hydrogen (secondary N) is 1. The zero-order valence-corrected chi connectivity index (χ0v) is 12.6. The van der Waals surface area contributed by atoms with Crippen LogP contribution in [0.4, 0.5) is 4.39 Å². The van der Waals surface area contributed by atoms with Gasteiger partial charge < -0.3 is 10.2 Å². The summed E-state index contributed by atoms with van der Waals surface area (Å²) in [7, 11) is 0. The molecule has 3 nitrogen and oxygen atoms in total. The van der Waals surface area contributed by atoms with Crippen LogP contribution in [0.1, 0.15) is 51.3 Å². The first-order valence-electron chi connectivity index (χ1n) is 7.83. The number of rotatable bonds is 9. The molecular weight excluding hydrogens is 253 g/mol. The maximum Gasteiger partial charge on any atom is 0.141 e. The van der Waals surface area contributed by atoms with E-state index in [2.05, 4.69) is 29.0 Å². The predicted octanol–water partition coefficient (Wildman–Crippen LogP) is 3.14. The summed E-state index contributed by atoms with van der Waals surface area (Å²) < 4.78 is 13.0. The molecule has 1 saturated carbocycles. The fourth-order valence-corrected chi connectivity index (χ4v) is 2.60. The minimum atomic E-state index is -0.267. The standard InChI is InChI=1S/C16H26FN3/c1-3-10-18-16(15-8-5-13(17)12-19-15)9-11-20(4-2)14-6-7-14/h5,8,12,14,16,18H,3-4,6-7,9-11H2,1-2H3. The molecule has 1 N–H and O–H groups in total. The van der Waals surface area contributed by atoms with Crippen LogP contribution < -0.4 is 5.32 Å². The topological polar surface area (TPSA) is 28.2 Å². The second-order valence-corrected chi connectivity index (χ2v) is 5.56. The van der Waals surface area contributed by atoms with Crippen molar-refractivity contribution in [3.63, 3.8) is 0 Å². The van der Waals surface area contributed by atoms with E-state index in [1.165, 1.54) is 25.1 Å². The molecule has 0 aliphatic heterocycles. The molecule has 0 saturated heterocycles. The third-order valence-electron chi connectivity index (χ3n) is 3.92. The Hall–Kier alpha value is -1.00. The molecule has 0 amide bonds. The highest BCUT2D eigenvalue weighted by Gasteiger charge is 2.28. The molecule has 0 aromatic carbocycles. The smallest absolute Gasteiger partial charge is 0.141 e. The summed E-state index contributed by atoms with van der Waals surface area (Å²) >= 11 is 0. The monoisotopic (exact) mass is 279 g/mol. The fraction of sp³-hybridized carbons (Fsp3) is 0.688. The molecule has 112 valence electrons. The molecule has 1 aliphatic rings. The van der Waals surface area contributed by atoms with Crippen molar-refractivity contribution in [1.82, 2.24) is 15.2 Å². The Labute approximate surface area is 121 Å². The van der Waals surface area contributed by atoms with Crippen LogP contribution >= 0.6 is 0 Å². The van der Waals surface area contributed by atoms with Gasteiger partial charge in [-0.25, -0.2) is 4.39 Å². The Balaban J connectivity index is 1.93. The second-order valence-electron chi connectivity index (χ2n) is 5.56. The molecule has 1 atom stereocenters. The van der Waals surface area contributed by atoms with Gasteiger partial charge in [-0.1, -0.05) is 13.8 Å². The zero-order valence-electron chi connectivity index (χ0n) is 12.6. The number of hydrogen-bond acceptors (Lipinski definition) is 3. The Kier molecular flexibility index (Phi) is 5.92. The summed E-state index contributed by atoms with van der Waals surface area (Å²) in [5.41, 5.74) is 0.951. The highest BCUT2D eigenvalue weighted by Crippen LogP contribution is 2.27. The van der Waals surface area contributed by atoms with Crippen LogP contribution in [0.2, 0.25) is 0 Å². The highest BCUT2D eigenvalue weighted by molar-refractivity contribution is 5.10. The number of halogens is 1. The predicted molar refractivity (Wildman–Crippen MR) is 80.1 cm³/mol. The molecule has 1 aromatic heterocycles. The molecule has 1 unspecified atom stereocenters. The Morgan fingerprint density at radius 3 is 2.75 bits per heavy atom. The van der Waals surface area contributed by atoms with Crippen molar-refractivity contribution in [1.29, 1.82) is 0 Å². The van der Waals surface area contributed by atoms with Crippen molar-refractivity contribution in [3.05, 3.63) is 29.8 Å². The molecule has 1 aliphatic carbocycles. The molecule has 1 aromatic rings. The molecule has 4 heteroatoms. The molecule has 0 spiro atoms. The quantitative estimate of drug-likeness (QED) is 0.752. The van der Waals surface area contributed by atoms with E-state index in [0.717, 1.165) is 44.2 Å². The highest BCUT2D eigenvalue weighted by atomic mass is 19.1. The summed E-state index contributed by atoms with van der Waals surface area (Å²) in [5, 5.41) is 3.53. The lowest BCUT2D eigenvalue weighted by Gasteiger charge is -2.24. The van der Waals surface area contributed by atoms with Crippen LogP contribution in [-0.4, -0.2) is 35.6 Å². The van der Waals surface area contributed by atoms with Gasteiger partial charge in [0.1, 0.15) is 5.82 Å². The largest absolute Gasteiger partial charge is 0.309 e. The van der Waals surface area contributed by atoms with E-state index < -0.39 is 0 Å². The van der Waals surface area contributed by atoms with Crippen molar-refractivity contribution in [2.75, 3.05) is 19.6 Å². The van der Waals surface area contributed by atoms with Crippen LogP contribution in [0, 0.1) is 5.82 Å².